The van der Waals surface area contributed by atoms with Crippen LogP contribution in [0.25, 0.3) is 6.08 Å². The van der Waals surface area contributed by atoms with Crippen LogP contribution in [0.3, 0.4) is 0 Å². The highest BCUT2D eigenvalue weighted by atomic mass is 16.2. The van der Waals surface area contributed by atoms with Crippen LogP contribution in [0, 0.1) is 5.92 Å². The largest absolute Gasteiger partial charge is 0.399 e. The monoisotopic (exact) mass is 289 g/mol. The quantitative estimate of drug-likeness (QED) is 0.549. The van der Waals surface area contributed by atoms with Crippen molar-refractivity contribution >= 4 is 23.6 Å². The van der Waals surface area contributed by atoms with E-state index in [0.29, 0.717) is 18.2 Å². The van der Waals surface area contributed by atoms with E-state index in [0.717, 1.165) is 5.56 Å². The minimum Gasteiger partial charge on any atom is -0.399 e. The molecule has 1 aromatic rings. The Morgan fingerprint density at radius 2 is 2.00 bits per heavy atom. The van der Waals surface area contributed by atoms with Crippen molar-refractivity contribution in [2.24, 2.45) is 5.92 Å². The first-order valence-electron chi connectivity index (χ1n) is 7.00. The molecule has 1 rings (SSSR count). The van der Waals surface area contributed by atoms with Crippen LogP contribution >= 0.6 is 0 Å². The first-order valence-corrected chi connectivity index (χ1v) is 7.00. The summed E-state index contributed by atoms with van der Waals surface area (Å²) < 4.78 is 0. The summed E-state index contributed by atoms with van der Waals surface area (Å²) >= 11 is 0. The zero-order valence-corrected chi connectivity index (χ0v) is 12.7. The standard InChI is InChI=1S/C16H23N3O2/c1-11(2)10-18-16(21)12(3)19-15(20)8-7-13-5-4-6-14(17)9-13/h4-9,11-12H,10,17H2,1-3H3,(H,18,21)(H,19,20)/b8-7+. The number of hydrogen-bond donors (Lipinski definition) is 3. The third-order valence-corrected chi connectivity index (χ3v) is 2.77. The van der Waals surface area contributed by atoms with E-state index >= 15 is 0 Å². The number of anilines is 1. The number of hydrogen-bond acceptors (Lipinski definition) is 3. The second-order valence-electron chi connectivity index (χ2n) is 5.37. The molecule has 4 N–H and O–H groups in total. The third kappa shape index (κ3) is 6.61. The summed E-state index contributed by atoms with van der Waals surface area (Å²) in [5.74, 6) is -0.126. The maximum atomic E-state index is 11.7. The van der Waals surface area contributed by atoms with Crippen LogP contribution < -0.4 is 16.4 Å². The molecule has 0 bridgehead atoms. The number of nitrogens with one attached hydrogen (secondary N) is 2. The zero-order valence-electron chi connectivity index (χ0n) is 12.7. The normalized spacial score (nSPS) is 12.4. The molecule has 0 aromatic heterocycles. The molecule has 5 nitrogen and oxygen atoms in total. The molecule has 0 aliphatic heterocycles. The number of nitrogens with two attached hydrogens (primary N) is 1. The molecule has 0 fully saturated rings. The van der Waals surface area contributed by atoms with Crippen LogP contribution in [0.5, 0.6) is 0 Å². The van der Waals surface area contributed by atoms with Crippen molar-refractivity contribution in [3.05, 3.63) is 35.9 Å². The van der Waals surface area contributed by atoms with Gasteiger partial charge in [0.1, 0.15) is 6.04 Å². The molecule has 0 saturated carbocycles. The number of carbonyl (C=O) groups is 2. The molecule has 0 saturated heterocycles. The van der Waals surface area contributed by atoms with E-state index < -0.39 is 6.04 Å². The summed E-state index contributed by atoms with van der Waals surface area (Å²) in [5.41, 5.74) is 7.13. The van der Waals surface area contributed by atoms with Crippen LogP contribution in [-0.2, 0) is 9.59 Å². The summed E-state index contributed by atoms with van der Waals surface area (Å²) in [6.45, 7) is 6.27. The molecule has 1 atom stereocenters. The molecule has 21 heavy (non-hydrogen) atoms. The fourth-order valence-corrected chi connectivity index (χ4v) is 1.62. The summed E-state index contributed by atoms with van der Waals surface area (Å²) in [7, 11) is 0. The van der Waals surface area contributed by atoms with Gasteiger partial charge in [0.15, 0.2) is 0 Å². The Morgan fingerprint density at radius 1 is 1.29 bits per heavy atom. The van der Waals surface area contributed by atoms with E-state index in [4.69, 9.17) is 5.73 Å². The molecular weight excluding hydrogens is 266 g/mol. The molecular formula is C16H23N3O2. The molecule has 1 aromatic carbocycles. The highest BCUT2D eigenvalue weighted by Crippen LogP contribution is 2.07. The van der Waals surface area contributed by atoms with Crippen molar-refractivity contribution in [2.45, 2.75) is 26.8 Å². The summed E-state index contributed by atoms with van der Waals surface area (Å²) in [4.78, 5) is 23.5. The van der Waals surface area contributed by atoms with Gasteiger partial charge in [-0.15, -0.1) is 0 Å². The lowest BCUT2D eigenvalue weighted by molar-refractivity contribution is -0.126. The van der Waals surface area contributed by atoms with Gasteiger partial charge in [-0.3, -0.25) is 9.59 Å². The van der Waals surface area contributed by atoms with Crippen LogP contribution in [0.4, 0.5) is 5.69 Å². The number of carbonyl (C=O) groups excluding carboxylic acids is 2. The fourth-order valence-electron chi connectivity index (χ4n) is 1.62. The Balaban J connectivity index is 2.47. The van der Waals surface area contributed by atoms with Gasteiger partial charge in [0.25, 0.3) is 0 Å². The summed E-state index contributed by atoms with van der Waals surface area (Å²) in [6.07, 6.45) is 3.05. The first-order chi connectivity index (χ1) is 9.88. The van der Waals surface area contributed by atoms with Crippen LogP contribution in [0.1, 0.15) is 26.3 Å². The highest BCUT2D eigenvalue weighted by molar-refractivity contribution is 5.95. The summed E-state index contributed by atoms with van der Waals surface area (Å²) in [5, 5.41) is 5.39. The van der Waals surface area contributed by atoms with Gasteiger partial charge in [0, 0.05) is 18.3 Å². The third-order valence-electron chi connectivity index (χ3n) is 2.77. The van der Waals surface area contributed by atoms with Crippen molar-refractivity contribution < 1.29 is 9.59 Å². The van der Waals surface area contributed by atoms with Gasteiger partial charge in [-0.25, -0.2) is 0 Å². The maximum Gasteiger partial charge on any atom is 0.244 e. The average Bonchev–Trinajstić information content (AvgIpc) is 2.42. The Bertz CT molecular complexity index is 524. The van der Waals surface area contributed by atoms with E-state index in [2.05, 4.69) is 10.6 Å². The number of nitrogen functional groups attached to an aromatic ring is 1. The first kappa shape index (κ1) is 16.8. The Labute approximate surface area is 125 Å². The average molecular weight is 289 g/mol. The van der Waals surface area contributed by atoms with E-state index in [1.165, 1.54) is 6.08 Å². The Hall–Kier alpha value is -2.30. The SMILES string of the molecule is CC(C)CNC(=O)C(C)NC(=O)/C=C/c1cccc(N)c1. The van der Waals surface area contributed by atoms with Crippen molar-refractivity contribution in [2.75, 3.05) is 12.3 Å². The molecule has 0 aliphatic carbocycles. The zero-order chi connectivity index (χ0) is 15.8. The Morgan fingerprint density at radius 3 is 2.62 bits per heavy atom. The summed E-state index contributed by atoms with van der Waals surface area (Å²) in [6, 6.07) is 6.64. The van der Waals surface area contributed by atoms with E-state index in [1.54, 1.807) is 25.1 Å². The van der Waals surface area contributed by atoms with Crippen LogP contribution in [-0.4, -0.2) is 24.4 Å². The molecule has 2 amide bonds. The molecule has 114 valence electrons. The molecule has 0 radical (unpaired) electrons. The molecule has 5 heteroatoms. The smallest absolute Gasteiger partial charge is 0.244 e. The minimum absolute atomic E-state index is 0.186. The second-order valence-corrected chi connectivity index (χ2v) is 5.37. The van der Waals surface area contributed by atoms with Gasteiger partial charge in [0.05, 0.1) is 0 Å². The topological polar surface area (TPSA) is 84.2 Å². The van der Waals surface area contributed by atoms with E-state index in [1.807, 2.05) is 26.0 Å². The van der Waals surface area contributed by atoms with Gasteiger partial charge >= 0.3 is 0 Å². The lowest BCUT2D eigenvalue weighted by atomic mass is 10.2. The van der Waals surface area contributed by atoms with Crippen molar-refractivity contribution in [1.29, 1.82) is 0 Å². The minimum atomic E-state index is -0.568. The van der Waals surface area contributed by atoms with Gasteiger partial charge in [-0.1, -0.05) is 26.0 Å². The fraction of sp³-hybridized carbons (Fsp3) is 0.375. The number of rotatable bonds is 6. The maximum absolute atomic E-state index is 11.7. The van der Waals surface area contributed by atoms with Gasteiger partial charge < -0.3 is 16.4 Å². The lowest BCUT2D eigenvalue weighted by Crippen LogP contribution is -2.45. The lowest BCUT2D eigenvalue weighted by Gasteiger charge is -2.14. The number of benzene rings is 1. The van der Waals surface area contributed by atoms with Crippen molar-refractivity contribution in [3.63, 3.8) is 0 Å². The van der Waals surface area contributed by atoms with Gasteiger partial charge in [0.2, 0.25) is 11.8 Å². The molecule has 0 heterocycles. The molecule has 0 aliphatic rings. The number of amides is 2. The van der Waals surface area contributed by atoms with Gasteiger partial charge in [-0.2, -0.15) is 0 Å². The van der Waals surface area contributed by atoms with Crippen molar-refractivity contribution in [3.8, 4) is 0 Å². The molecule has 1 unspecified atom stereocenters. The van der Waals surface area contributed by atoms with E-state index in [-0.39, 0.29) is 11.8 Å². The van der Waals surface area contributed by atoms with Gasteiger partial charge in [-0.05, 0) is 36.6 Å². The van der Waals surface area contributed by atoms with Crippen LogP contribution in [0.2, 0.25) is 0 Å². The predicted octanol–water partition coefficient (Wildman–Crippen LogP) is 1.56. The Kier molecular flexibility index (Phi) is 6.46. The van der Waals surface area contributed by atoms with E-state index in [9.17, 15) is 9.59 Å². The predicted molar refractivity (Wildman–Crippen MR) is 85.3 cm³/mol. The van der Waals surface area contributed by atoms with Crippen molar-refractivity contribution in [1.82, 2.24) is 10.6 Å². The van der Waals surface area contributed by atoms with Crippen LogP contribution in [0.15, 0.2) is 30.3 Å². The molecule has 0 spiro atoms. The highest BCUT2D eigenvalue weighted by Gasteiger charge is 2.13. The second kappa shape index (κ2) is 8.09.